The fourth-order valence-electron chi connectivity index (χ4n) is 6.06. The third-order valence-corrected chi connectivity index (χ3v) is 7.91. The molecule has 1 saturated carbocycles. The van der Waals surface area contributed by atoms with Gasteiger partial charge in [0.25, 0.3) is 11.8 Å². The van der Waals surface area contributed by atoms with E-state index in [0.717, 1.165) is 42.1 Å². The third-order valence-electron chi connectivity index (χ3n) is 7.91. The van der Waals surface area contributed by atoms with Gasteiger partial charge in [0, 0.05) is 42.7 Å². The molecule has 0 spiro atoms. The Kier molecular flexibility index (Phi) is 6.36. The number of hydrogen-bond donors (Lipinski definition) is 1. The van der Waals surface area contributed by atoms with Crippen LogP contribution in [0.1, 0.15) is 71.7 Å². The van der Waals surface area contributed by atoms with Gasteiger partial charge >= 0.3 is 0 Å². The van der Waals surface area contributed by atoms with Crippen LogP contribution >= 0.6 is 0 Å². The van der Waals surface area contributed by atoms with E-state index in [0.29, 0.717) is 23.7 Å². The number of carbonyl (C=O) groups is 2. The van der Waals surface area contributed by atoms with Crippen LogP contribution in [-0.2, 0) is 6.42 Å². The summed E-state index contributed by atoms with van der Waals surface area (Å²) in [6, 6.07) is 15.7. The molecule has 2 unspecified atom stereocenters. The van der Waals surface area contributed by atoms with Crippen LogP contribution in [0.2, 0.25) is 0 Å². The zero-order chi connectivity index (χ0) is 23.5. The second kappa shape index (κ2) is 9.57. The van der Waals surface area contributed by atoms with E-state index in [1.165, 1.54) is 25.7 Å². The second-order valence-corrected chi connectivity index (χ2v) is 10.1. The number of benzene rings is 2. The normalized spacial score (nSPS) is 22.3. The molecule has 2 amide bonds. The molecule has 5 rings (SSSR count). The summed E-state index contributed by atoms with van der Waals surface area (Å²) in [7, 11) is 0. The van der Waals surface area contributed by atoms with Crippen molar-refractivity contribution in [1.82, 2.24) is 15.2 Å². The Balaban J connectivity index is 1.39. The monoisotopic (exact) mass is 455 g/mol. The first-order valence-corrected chi connectivity index (χ1v) is 12.6. The summed E-state index contributed by atoms with van der Waals surface area (Å²) in [6.45, 7) is 3.74. The minimum atomic E-state index is -0.109. The molecule has 2 fully saturated rings. The Labute approximate surface area is 201 Å². The molecule has 1 N–H and O–H groups in total. The zero-order valence-corrected chi connectivity index (χ0v) is 19.9. The van der Waals surface area contributed by atoms with Gasteiger partial charge in [-0.05, 0) is 78.1 Å². The Morgan fingerprint density at radius 1 is 0.971 bits per heavy atom. The van der Waals surface area contributed by atoms with Gasteiger partial charge in [0.1, 0.15) is 0 Å². The molecule has 0 bridgehead atoms. The van der Waals surface area contributed by atoms with Crippen molar-refractivity contribution in [2.75, 3.05) is 13.1 Å². The fraction of sp³-hybridized carbons (Fsp3) is 0.414. The third kappa shape index (κ3) is 4.31. The number of carbonyl (C=O) groups excluding carboxylic acids is 2. The maximum absolute atomic E-state index is 13.8. The maximum Gasteiger partial charge on any atom is 0.254 e. The molecule has 176 valence electrons. The fourth-order valence-corrected chi connectivity index (χ4v) is 6.06. The first-order valence-electron chi connectivity index (χ1n) is 12.6. The van der Waals surface area contributed by atoms with Gasteiger partial charge in [0.05, 0.1) is 0 Å². The van der Waals surface area contributed by atoms with Crippen molar-refractivity contribution < 1.29 is 9.59 Å². The first kappa shape index (κ1) is 22.6. The molecule has 1 saturated heterocycles. The number of nitrogens with zero attached hydrogens (tertiary/aromatic N) is 2. The largest absolute Gasteiger partial charge is 0.352 e. The van der Waals surface area contributed by atoms with Gasteiger partial charge < -0.3 is 10.2 Å². The lowest BCUT2D eigenvalue weighted by Crippen LogP contribution is -2.54. The lowest BCUT2D eigenvalue weighted by Gasteiger charge is -2.51. The molecule has 0 radical (unpaired) electrons. The summed E-state index contributed by atoms with van der Waals surface area (Å²) in [5.74, 6) is 0.000698. The van der Waals surface area contributed by atoms with Crippen molar-refractivity contribution in [3.05, 3.63) is 77.6 Å². The molecule has 1 aromatic heterocycles. The molecule has 2 atom stereocenters. The summed E-state index contributed by atoms with van der Waals surface area (Å²) in [5, 5.41) is 4.73. The molecule has 5 heteroatoms. The van der Waals surface area contributed by atoms with E-state index in [2.05, 4.69) is 22.1 Å². The van der Waals surface area contributed by atoms with Crippen molar-refractivity contribution in [2.45, 2.75) is 57.9 Å². The highest BCUT2D eigenvalue weighted by molar-refractivity contribution is 6.14. The number of fused-ring (bicyclic) bond motifs is 2. The van der Waals surface area contributed by atoms with E-state index in [4.69, 9.17) is 0 Å². The average Bonchev–Trinajstić information content (AvgIpc) is 2.87. The Morgan fingerprint density at radius 3 is 2.47 bits per heavy atom. The van der Waals surface area contributed by atoms with E-state index in [9.17, 15) is 9.59 Å². The van der Waals surface area contributed by atoms with Crippen LogP contribution in [0.25, 0.3) is 10.8 Å². The SMILES string of the molecule is CC12CCCCC1N(C(=O)c1ccc(C(=O)NCCc3ccncc3)c3ccccc13)CCC2. The molecule has 1 aliphatic carbocycles. The lowest BCUT2D eigenvalue weighted by atomic mass is 9.66. The summed E-state index contributed by atoms with van der Waals surface area (Å²) in [6.07, 6.45) is 11.3. The van der Waals surface area contributed by atoms with Gasteiger partial charge in [-0.25, -0.2) is 0 Å². The highest BCUT2D eigenvalue weighted by Crippen LogP contribution is 2.46. The van der Waals surface area contributed by atoms with Crippen molar-refractivity contribution >= 4 is 22.6 Å². The van der Waals surface area contributed by atoms with Crippen LogP contribution in [0.4, 0.5) is 0 Å². The summed E-state index contributed by atoms with van der Waals surface area (Å²) >= 11 is 0. The molecular weight excluding hydrogens is 422 g/mol. The predicted molar refractivity (Wildman–Crippen MR) is 135 cm³/mol. The highest BCUT2D eigenvalue weighted by atomic mass is 16.2. The van der Waals surface area contributed by atoms with Gasteiger partial charge in [-0.15, -0.1) is 0 Å². The van der Waals surface area contributed by atoms with Crippen molar-refractivity contribution in [3.8, 4) is 0 Å². The minimum absolute atomic E-state index is 0.109. The number of hydrogen-bond acceptors (Lipinski definition) is 3. The van der Waals surface area contributed by atoms with E-state index in [1.807, 2.05) is 48.5 Å². The second-order valence-electron chi connectivity index (χ2n) is 10.1. The minimum Gasteiger partial charge on any atom is -0.352 e. The zero-order valence-electron chi connectivity index (χ0n) is 19.9. The molecule has 5 nitrogen and oxygen atoms in total. The van der Waals surface area contributed by atoms with E-state index in [1.54, 1.807) is 12.4 Å². The molecular formula is C29H33N3O2. The number of aromatic nitrogens is 1. The maximum atomic E-state index is 13.8. The van der Waals surface area contributed by atoms with Crippen LogP contribution in [0.15, 0.2) is 60.9 Å². The Hall–Kier alpha value is -3.21. The van der Waals surface area contributed by atoms with Crippen LogP contribution in [-0.4, -0.2) is 40.8 Å². The molecule has 2 aromatic carbocycles. The average molecular weight is 456 g/mol. The smallest absolute Gasteiger partial charge is 0.254 e. The van der Waals surface area contributed by atoms with Gasteiger partial charge in [-0.2, -0.15) is 0 Å². The molecule has 1 aliphatic heterocycles. The quantitative estimate of drug-likeness (QED) is 0.561. The van der Waals surface area contributed by atoms with Gasteiger partial charge in [0.15, 0.2) is 0 Å². The van der Waals surface area contributed by atoms with Gasteiger partial charge in [-0.3, -0.25) is 14.6 Å². The number of rotatable bonds is 5. The number of pyridine rings is 1. The van der Waals surface area contributed by atoms with E-state index >= 15 is 0 Å². The molecule has 2 aliphatic rings. The topological polar surface area (TPSA) is 62.3 Å². The number of likely N-dealkylation sites (tertiary alicyclic amines) is 1. The number of piperidine rings is 1. The van der Waals surface area contributed by atoms with Gasteiger partial charge in [0.2, 0.25) is 0 Å². The summed E-state index contributed by atoms with van der Waals surface area (Å²) in [5.41, 5.74) is 2.69. The highest BCUT2D eigenvalue weighted by Gasteiger charge is 2.44. The van der Waals surface area contributed by atoms with Crippen LogP contribution in [0.5, 0.6) is 0 Å². The predicted octanol–water partition coefficient (Wildman–Crippen LogP) is 5.39. The summed E-state index contributed by atoms with van der Waals surface area (Å²) in [4.78, 5) is 33.1. The van der Waals surface area contributed by atoms with Crippen LogP contribution in [0.3, 0.4) is 0 Å². The Bertz CT molecular complexity index is 1190. The number of amides is 2. The molecule has 2 heterocycles. The van der Waals surface area contributed by atoms with Crippen LogP contribution < -0.4 is 5.32 Å². The number of nitrogens with one attached hydrogen (secondary N) is 1. The van der Waals surface area contributed by atoms with E-state index < -0.39 is 0 Å². The van der Waals surface area contributed by atoms with E-state index in [-0.39, 0.29) is 17.2 Å². The Morgan fingerprint density at radius 2 is 1.68 bits per heavy atom. The van der Waals surface area contributed by atoms with Crippen molar-refractivity contribution in [2.24, 2.45) is 5.41 Å². The standard InChI is InChI=1S/C29H33N3O2/c1-29-15-5-4-9-26(29)32(20-6-16-29)28(34)25-11-10-24(22-7-2-3-8-23(22)25)27(33)31-19-14-21-12-17-30-18-13-21/h2-3,7-8,10-13,17-18,26H,4-6,9,14-16,19-20H2,1H3,(H,31,33). The van der Waals surface area contributed by atoms with Crippen molar-refractivity contribution in [3.63, 3.8) is 0 Å². The molecule has 3 aromatic rings. The van der Waals surface area contributed by atoms with Gasteiger partial charge in [-0.1, -0.05) is 44.0 Å². The first-order chi connectivity index (χ1) is 16.6. The molecule has 34 heavy (non-hydrogen) atoms. The lowest BCUT2D eigenvalue weighted by molar-refractivity contribution is -0.000329. The van der Waals surface area contributed by atoms with Crippen LogP contribution in [0, 0.1) is 5.41 Å². The summed E-state index contributed by atoms with van der Waals surface area (Å²) < 4.78 is 0. The van der Waals surface area contributed by atoms with Crippen molar-refractivity contribution in [1.29, 1.82) is 0 Å².